The number of nitrogens with one attached hydrogen (secondary N) is 1. The second kappa shape index (κ2) is 7.26. The number of thioether (sulfide) groups is 1. The molecule has 7 heteroatoms. The van der Waals surface area contributed by atoms with Crippen molar-refractivity contribution < 1.29 is 8.42 Å². The van der Waals surface area contributed by atoms with Gasteiger partial charge in [-0.3, -0.25) is 0 Å². The van der Waals surface area contributed by atoms with Crippen LogP contribution in [0.25, 0.3) is 0 Å². The molecule has 0 saturated carbocycles. The van der Waals surface area contributed by atoms with Crippen molar-refractivity contribution in [2.24, 2.45) is 5.92 Å². The normalized spacial score (nSPS) is 27.5. The minimum atomic E-state index is -3.22. The average Bonchev–Trinajstić information content (AvgIpc) is 2.46. The molecule has 0 aromatic heterocycles. The van der Waals surface area contributed by atoms with Gasteiger partial charge in [-0.1, -0.05) is 6.92 Å². The van der Waals surface area contributed by atoms with Crippen LogP contribution in [0.1, 0.15) is 19.8 Å². The molecule has 19 heavy (non-hydrogen) atoms. The van der Waals surface area contributed by atoms with E-state index in [1.165, 1.54) is 0 Å². The Bertz CT molecular complexity index is 369. The molecule has 0 bridgehead atoms. The highest BCUT2D eigenvalue weighted by atomic mass is 32.2. The summed E-state index contributed by atoms with van der Waals surface area (Å²) in [6, 6.07) is 0. The van der Waals surface area contributed by atoms with E-state index in [1.54, 1.807) is 8.61 Å². The van der Waals surface area contributed by atoms with Gasteiger partial charge in [0.2, 0.25) is 0 Å². The Kier molecular flexibility index (Phi) is 5.95. The van der Waals surface area contributed by atoms with Gasteiger partial charge < -0.3 is 5.32 Å². The van der Waals surface area contributed by atoms with Gasteiger partial charge in [0.25, 0.3) is 10.2 Å². The standard InChI is InChI=1S/C12H25N3O2S2/c1-2-13-10-12-4-3-5-15(11-12)19(16,17)14-6-8-18-9-7-14/h12-13H,2-11H2,1H3. The fourth-order valence-electron chi connectivity index (χ4n) is 2.69. The lowest BCUT2D eigenvalue weighted by atomic mass is 10.00. The van der Waals surface area contributed by atoms with Crippen molar-refractivity contribution >= 4 is 22.0 Å². The molecule has 0 amide bonds. The molecule has 5 nitrogen and oxygen atoms in total. The molecule has 0 radical (unpaired) electrons. The fourth-order valence-corrected chi connectivity index (χ4v) is 5.56. The highest BCUT2D eigenvalue weighted by Gasteiger charge is 2.33. The van der Waals surface area contributed by atoms with Crippen LogP contribution >= 0.6 is 11.8 Å². The molecule has 2 heterocycles. The van der Waals surface area contributed by atoms with Crippen molar-refractivity contribution in [2.45, 2.75) is 19.8 Å². The predicted octanol–water partition coefficient (Wildman–Crippen LogP) is 0.602. The van der Waals surface area contributed by atoms with Crippen LogP contribution in [-0.2, 0) is 10.2 Å². The fraction of sp³-hybridized carbons (Fsp3) is 1.00. The maximum Gasteiger partial charge on any atom is 0.282 e. The zero-order valence-electron chi connectivity index (χ0n) is 11.7. The summed E-state index contributed by atoms with van der Waals surface area (Å²) in [5.74, 6) is 2.31. The highest BCUT2D eigenvalue weighted by molar-refractivity contribution is 7.99. The summed E-state index contributed by atoms with van der Waals surface area (Å²) in [7, 11) is -3.22. The van der Waals surface area contributed by atoms with Gasteiger partial charge in [-0.05, 0) is 31.8 Å². The third-order valence-electron chi connectivity index (χ3n) is 3.79. The second-order valence-corrected chi connectivity index (χ2v) is 8.35. The number of rotatable bonds is 5. The molecule has 2 rings (SSSR count). The van der Waals surface area contributed by atoms with E-state index in [0.29, 0.717) is 32.1 Å². The van der Waals surface area contributed by atoms with Crippen LogP contribution in [0.5, 0.6) is 0 Å². The average molecular weight is 307 g/mol. The van der Waals surface area contributed by atoms with Gasteiger partial charge in [0, 0.05) is 37.7 Å². The van der Waals surface area contributed by atoms with Gasteiger partial charge in [0.15, 0.2) is 0 Å². The topological polar surface area (TPSA) is 52.7 Å². The first kappa shape index (κ1) is 15.6. The Balaban J connectivity index is 1.95. The van der Waals surface area contributed by atoms with Crippen LogP contribution < -0.4 is 5.32 Å². The van der Waals surface area contributed by atoms with Crippen molar-refractivity contribution in [1.82, 2.24) is 13.9 Å². The van der Waals surface area contributed by atoms with E-state index in [-0.39, 0.29) is 0 Å². The lowest BCUT2D eigenvalue weighted by Gasteiger charge is -2.36. The first-order valence-corrected chi connectivity index (χ1v) is 9.73. The molecular formula is C12H25N3O2S2. The van der Waals surface area contributed by atoms with Crippen molar-refractivity contribution in [2.75, 3.05) is 50.8 Å². The summed E-state index contributed by atoms with van der Waals surface area (Å²) < 4.78 is 28.5. The largest absolute Gasteiger partial charge is 0.317 e. The van der Waals surface area contributed by atoms with E-state index >= 15 is 0 Å². The third kappa shape index (κ3) is 4.07. The number of nitrogens with zero attached hydrogens (tertiary/aromatic N) is 2. The molecule has 2 fully saturated rings. The van der Waals surface area contributed by atoms with E-state index in [1.807, 2.05) is 11.8 Å². The maximum atomic E-state index is 12.6. The third-order valence-corrected chi connectivity index (χ3v) is 6.73. The van der Waals surface area contributed by atoms with E-state index in [4.69, 9.17) is 0 Å². The van der Waals surface area contributed by atoms with Gasteiger partial charge in [-0.2, -0.15) is 28.8 Å². The maximum absolute atomic E-state index is 12.6. The molecule has 2 saturated heterocycles. The first-order chi connectivity index (χ1) is 9.14. The summed E-state index contributed by atoms with van der Waals surface area (Å²) in [4.78, 5) is 0. The smallest absolute Gasteiger partial charge is 0.282 e. The molecule has 2 aliphatic rings. The summed E-state index contributed by atoms with van der Waals surface area (Å²) in [5, 5.41) is 3.33. The Hall–Kier alpha value is 0.180. The Labute approximate surface area is 121 Å². The van der Waals surface area contributed by atoms with Crippen molar-refractivity contribution in [3.63, 3.8) is 0 Å². The molecule has 0 aromatic rings. The van der Waals surface area contributed by atoms with E-state index in [9.17, 15) is 8.42 Å². The van der Waals surface area contributed by atoms with Crippen LogP contribution in [0.15, 0.2) is 0 Å². The van der Waals surface area contributed by atoms with Crippen LogP contribution in [0.3, 0.4) is 0 Å². The van der Waals surface area contributed by atoms with Crippen molar-refractivity contribution in [3.05, 3.63) is 0 Å². The Morgan fingerprint density at radius 2 is 1.95 bits per heavy atom. The molecule has 1 atom stereocenters. The summed E-state index contributed by atoms with van der Waals surface area (Å²) >= 11 is 1.84. The van der Waals surface area contributed by atoms with Crippen LogP contribution in [0, 0.1) is 5.92 Å². The molecule has 0 aromatic carbocycles. The molecule has 1 N–H and O–H groups in total. The summed E-state index contributed by atoms with van der Waals surface area (Å²) in [6.07, 6.45) is 2.12. The van der Waals surface area contributed by atoms with E-state index in [2.05, 4.69) is 12.2 Å². The van der Waals surface area contributed by atoms with Crippen molar-refractivity contribution in [3.8, 4) is 0 Å². The predicted molar refractivity (Wildman–Crippen MR) is 80.7 cm³/mol. The van der Waals surface area contributed by atoms with Gasteiger partial charge in [-0.25, -0.2) is 0 Å². The van der Waals surface area contributed by atoms with E-state index in [0.717, 1.165) is 37.4 Å². The molecule has 0 spiro atoms. The van der Waals surface area contributed by atoms with Gasteiger partial charge >= 0.3 is 0 Å². The monoisotopic (exact) mass is 307 g/mol. The summed E-state index contributed by atoms with van der Waals surface area (Å²) in [6.45, 7) is 6.67. The minimum absolute atomic E-state index is 0.461. The van der Waals surface area contributed by atoms with Crippen LogP contribution in [0.2, 0.25) is 0 Å². The quantitative estimate of drug-likeness (QED) is 0.808. The lowest BCUT2D eigenvalue weighted by molar-refractivity contribution is 0.244. The molecule has 1 unspecified atom stereocenters. The zero-order chi connectivity index (χ0) is 13.7. The van der Waals surface area contributed by atoms with Crippen LogP contribution in [0.4, 0.5) is 0 Å². The Morgan fingerprint density at radius 1 is 1.21 bits per heavy atom. The van der Waals surface area contributed by atoms with Crippen LogP contribution in [-0.4, -0.2) is 67.8 Å². The summed E-state index contributed by atoms with van der Waals surface area (Å²) in [5.41, 5.74) is 0. The minimum Gasteiger partial charge on any atom is -0.317 e. The number of hydrogen-bond donors (Lipinski definition) is 1. The highest BCUT2D eigenvalue weighted by Crippen LogP contribution is 2.22. The van der Waals surface area contributed by atoms with Gasteiger partial charge in [0.1, 0.15) is 0 Å². The van der Waals surface area contributed by atoms with Gasteiger partial charge in [-0.15, -0.1) is 0 Å². The molecule has 0 aliphatic carbocycles. The SMILES string of the molecule is CCNCC1CCCN(S(=O)(=O)N2CCSCC2)C1. The number of hydrogen-bond acceptors (Lipinski definition) is 4. The molecule has 2 aliphatic heterocycles. The van der Waals surface area contributed by atoms with Gasteiger partial charge in [0.05, 0.1) is 0 Å². The lowest BCUT2D eigenvalue weighted by Crippen LogP contribution is -2.51. The van der Waals surface area contributed by atoms with Crippen molar-refractivity contribution in [1.29, 1.82) is 0 Å². The Morgan fingerprint density at radius 3 is 2.63 bits per heavy atom. The molecule has 112 valence electrons. The number of piperidine rings is 1. The molecular weight excluding hydrogens is 282 g/mol. The first-order valence-electron chi connectivity index (χ1n) is 7.18. The zero-order valence-corrected chi connectivity index (χ0v) is 13.3. The van der Waals surface area contributed by atoms with E-state index < -0.39 is 10.2 Å². The second-order valence-electron chi connectivity index (χ2n) is 5.19.